The minimum atomic E-state index is 0.637. The molecule has 0 radical (unpaired) electrons. The van der Waals surface area contributed by atoms with Crippen LogP contribution in [0.5, 0.6) is 5.75 Å². The van der Waals surface area contributed by atoms with Gasteiger partial charge in [0.15, 0.2) is 5.96 Å². The van der Waals surface area contributed by atoms with E-state index in [0.29, 0.717) is 19.8 Å². The fourth-order valence-corrected chi connectivity index (χ4v) is 2.95. The molecular weight excluding hydrogens is 348 g/mol. The minimum absolute atomic E-state index is 0.637. The molecule has 0 aliphatic carbocycles. The number of aliphatic imine (C=N–C) groups is 1. The number of aromatic nitrogens is 1. The number of rotatable bonds is 10. The van der Waals surface area contributed by atoms with Crippen LogP contribution in [0.4, 0.5) is 5.69 Å². The minimum Gasteiger partial charge on any atom is -0.493 e. The van der Waals surface area contributed by atoms with E-state index in [2.05, 4.69) is 32.9 Å². The molecule has 0 aliphatic rings. The zero-order chi connectivity index (χ0) is 18.6. The van der Waals surface area contributed by atoms with Gasteiger partial charge in [0.1, 0.15) is 5.75 Å². The van der Waals surface area contributed by atoms with Crippen LogP contribution in [0, 0.1) is 6.92 Å². The molecule has 0 bridgehead atoms. The second-order valence-electron chi connectivity index (χ2n) is 5.72. The Morgan fingerprint density at radius 3 is 2.92 bits per heavy atom. The van der Waals surface area contributed by atoms with E-state index in [-0.39, 0.29) is 0 Å². The zero-order valence-electron chi connectivity index (χ0n) is 15.7. The Bertz CT molecular complexity index is 688. The van der Waals surface area contributed by atoms with Crippen LogP contribution in [0.2, 0.25) is 0 Å². The first-order valence-corrected chi connectivity index (χ1v) is 9.77. The van der Waals surface area contributed by atoms with E-state index in [9.17, 15) is 0 Å². The number of guanidine groups is 1. The molecule has 0 fully saturated rings. The van der Waals surface area contributed by atoms with Crippen LogP contribution in [0.25, 0.3) is 0 Å². The van der Waals surface area contributed by atoms with Gasteiger partial charge < -0.3 is 20.1 Å². The maximum absolute atomic E-state index is 5.74. The Morgan fingerprint density at radius 1 is 1.31 bits per heavy atom. The molecule has 1 aromatic carbocycles. The topological polar surface area (TPSA) is 67.8 Å². The van der Waals surface area contributed by atoms with Crippen molar-refractivity contribution in [3.8, 4) is 5.75 Å². The number of aryl methyl sites for hydroxylation is 1. The van der Waals surface area contributed by atoms with Crippen LogP contribution in [0.3, 0.4) is 0 Å². The summed E-state index contributed by atoms with van der Waals surface area (Å²) < 4.78 is 10.8. The second kappa shape index (κ2) is 11.5. The molecule has 1 aromatic heterocycles. The highest BCUT2D eigenvalue weighted by Gasteiger charge is 2.02. The molecule has 2 aromatic rings. The van der Waals surface area contributed by atoms with E-state index >= 15 is 0 Å². The molecule has 0 unspecified atom stereocenters. The van der Waals surface area contributed by atoms with E-state index < -0.39 is 0 Å². The van der Waals surface area contributed by atoms with Gasteiger partial charge in [-0.2, -0.15) is 0 Å². The third-order valence-corrected chi connectivity index (χ3v) is 4.33. The number of methoxy groups -OCH3 is 1. The maximum Gasteiger partial charge on any atom is 0.195 e. The van der Waals surface area contributed by atoms with Crippen LogP contribution < -0.4 is 15.4 Å². The average molecular weight is 377 g/mol. The van der Waals surface area contributed by atoms with Crippen molar-refractivity contribution >= 4 is 23.0 Å². The summed E-state index contributed by atoms with van der Waals surface area (Å²) in [4.78, 5) is 9.10. The van der Waals surface area contributed by atoms with Gasteiger partial charge in [-0.15, -0.1) is 11.3 Å². The molecule has 2 N–H and O–H groups in total. The first-order chi connectivity index (χ1) is 12.7. The Kier molecular flexibility index (Phi) is 8.92. The standard InChI is InChI=1S/C19H28N4O2S/c1-4-20-19(21-10-9-17-14-26-15(2)22-17)23-16-7-5-8-18(13-16)25-12-6-11-24-3/h5,7-8,13-14H,4,6,9-12H2,1-3H3,(H2,20,21,23). The molecule has 0 spiro atoms. The Labute approximate surface area is 159 Å². The average Bonchev–Trinajstić information content (AvgIpc) is 3.04. The first kappa shape index (κ1) is 20.2. The molecule has 6 nitrogen and oxygen atoms in total. The van der Waals surface area contributed by atoms with Gasteiger partial charge in [-0.3, -0.25) is 4.99 Å². The Hall–Kier alpha value is -2.12. The molecule has 0 aliphatic heterocycles. The van der Waals surface area contributed by atoms with Crippen LogP contribution in [-0.2, 0) is 11.2 Å². The largest absolute Gasteiger partial charge is 0.493 e. The fraction of sp³-hybridized carbons (Fsp3) is 0.474. The Morgan fingerprint density at radius 2 is 2.19 bits per heavy atom. The lowest BCUT2D eigenvalue weighted by molar-refractivity contribution is 0.172. The van der Waals surface area contributed by atoms with Crippen LogP contribution in [0.1, 0.15) is 24.0 Å². The second-order valence-corrected chi connectivity index (χ2v) is 6.78. The fourth-order valence-electron chi connectivity index (χ4n) is 2.31. The molecule has 142 valence electrons. The molecule has 0 saturated heterocycles. The quantitative estimate of drug-likeness (QED) is 0.377. The summed E-state index contributed by atoms with van der Waals surface area (Å²) in [5.41, 5.74) is 2.04. The third-order valence-electron chi connectivity index (χ3n) is 3.51. The number of hydrogen-bond donors (Lipinski definition) is 2. The van der Waals surface area contributed by atoms with Crippen molar-refractivity contribution in [1.82, 2.24) is 10.3 Å². The van der Waals surface area contributed by atoms with Gasteiger partial charge in [0.05, 0.1) is 17.3 Å². The number of nitrogens with zero attached hydrogens (tertiary/aromatic N) is 2. The van der Waals surface area contributed by atoms with Crippen molar-refractivity contribution in [2.75, 3.05) is 38.7 Å². The van der Waals surface area contributed by atoms with Gasteiger partial charge in [0.25, 0.3) is 0 Å². The molecule has 2 rings (SSSR count). The molecular formula is C19H28N4O2S. The van der Waals surface area contributed by atoms with E-state index in [0.717, 1.165) is 47.5 Å². The number of thiazole rings is 1. The van der Waals surface area contributed by atoms with Crippen molar-refractivity contribution in [2.24, 2.45) is 4.99 Å². The van der Waals surface area contributed by atoms with Gasteiger partial charge in [0.2, 0.25) is 0 Å². The van der Waals surface area contributed by atoms with Gasteiger partial charge in [0, 0.05) is 56.8 Å². The number of hydrogen-bond acceptors (Lipinski definition) is 5. The summed E-state index contributed by atoms with van der Waals surface area (Å²) >= 11 is 1.67. The number of ether oxygens (including phenoxy) is 2. The summed E-state index contributed by atoms with van der Waals surface area (Å²) in [6.45, 7) is 6.90. The Balaban J connectivity index is 1.90. The van der Waals surface area contributed by atoms with Crippen molar-refractivity contribution in [1.29, 1.82) is 0 Å². The van der Waals surface area contributed by atoms with Crippen molar-refractivity contribution in [3.63, 3.8) is 0 Å². The van der Waals surface area contributed by atoms with Crippen molar-refractivity contribution in [3.05, 3.63) is 40.3 Å². The summed E-state index contributed by atoms with van der Waals surface area (Å²) in [5, 5.41) is 9.78. The highest BCUT2D eigenvalue weighted by Crippen LogP contribution is 2.17. The predicted molar refractivity (Wildman–Crippen MR) is 109 cm³/mol. The summed E-state index contributed by atoms with van der Waals surface area (Å²) in [7, 11) is 1.70. The first-order valence-electron chi connectivity index (χ1n) is 8.89. The molecule has 7 heteroatoms. The number of anilines is 1. The monoisotopic (exact) mass is 376 g/mol. The maximum atomic E-state index is 5.74. The van der Waals surface area contributed by atoms with E-state index in [1.54, 1.807) is 18.4 Å². The van der Waals surface area contributed by atoms with Gasteiger partial charge in [-0.1, -0.05) is 6.07 Å². The molecule has 0 saturated carbocycles. The van der Waals surface area contributed by atoms with Crippen molar-refractivity contribution in [2.45, 2.75) is 26.7 Å². The number of benzene rings is 1. The number of nitrogens with one attached hydrogen (secondary N) is 2. The van der Waals surface area contributed by atoms with Crippen molar-refractivity contribution < 1.29 is 9.47 Å². The van der Waals surface area contributed by atoms with Gasteiger partial charge in [-0.05, 0) is 26.0 Å². The van der Waals surface area contributed by atoms with Crippen LogP contribution >= 0.6 is 11.3 Å². The van der Waals surface area contributed by atoms with Crippen LogP contribution in [0.15, 0.2) is 34.6 Å². The van der Waals surface area contributed by atoms with E-state index in [1.807, 2.05) is 31.2 Å². The van der Waals surface area contributed by atoms with E-state index in [4.69, 9.17) is 9.47 Å². The third kappa shape index (κ3) is 7.41. The summed E-state index contributed by atoms with van der Waals surface area (Å²) in [6, 6.07) is 7.89. The molecule has 1 heterocycles. The smallest absolute Gasteiger partial charge is 0.195 e. The van der Waals surface area contributed by atoms with E-state index in [1.165, 1.54) is 0 Å². The molecule has 0 amide bonds. The van der Waals surface area contributed by atoms with Gasteiger partial charge >= 0.3 is 0 Å². The van der Waals surface area contributed by atoms with Gasteiger partial charge in [-0.25, -0.2) is 4.98 Å². The lowest BCUT2D eigenvalue weighted by Gasteiger charge is -2.13. The van der Waals surface area contributed by atoms with Crippen LogP contribution in [-0.4, -0.2) is 44.4 Å². The zero-order valence-corrected chi connectivity index (χ0v) is 16.6. The highest BCUT2D eigenvalue weighted by atomic mass is 32.1. The molecule has 26 heavy (non-hydrogen) atoms. The SMILES string of the molecule is CCNC(=NCCc1csc(C)n1)Nc1cccc(OCCCOC)c1. The lowest BCUT2D eigenvalue weighted by Crippen LogP contribution is -2.30. The molecule has 0 atom stereocenters. The summed E-state index contributed by atoms with van der Waals surface area (Å²) in [5.74, 6) is 1.59. The highest BCUT2D eigenvalue weighted by molar-refractivity contribution is 7.09. The predicted octanol–water partition coefficient (Wildman–Crippen LogP) is 3.49. The summed E-state index contributed by atoms with van der Waals surface area (Å²) in [6.07, 6.45) is 1.71. The lowest BCUT2D eigenvalue weighted by atomic mass is 10.3. The normalized spacial score (nSPS) is 11.4.